The third-order valence-corrected chi connectivity index (χ3v) is 3.10. The molecule has 0 aliphatic rings. The number of rotatable bonds is 3. The lowest BCUT2D eigenvalue weighted by Gasteiger charge is -2.13. The Hall–Kier alpha value is -2.27. The van der Waals surface area contributed by atoms with Gasteiger partial charge in [0.05, 0.1) is 5.69 Å². The molecule has 0 spiro atoms. The molecule has 3 aromatic rings. The fraction of sp³-hybridized carbons (Fsp3) is 0.214. The fourth-order valence-electron chi connectivity index (χ4n) is 2.19. The average Bonchev–Trinajstić information content (AvgIpc) is 2.80. The topological polar surface area (TPSA) is 77.8 Å². The van der Waals surface area contributed by atoms with E-state index >= 15 is 0 Å². The minimum atomic E-state index is 0.0232. The molecule has 2 aromatic heterocycles. The first kappa shape index (κ1) is 11.8. The second-order valence-corrected chi connectivity index (χ2v) is 4.38. The highest BCUT2D eigenvalue weighted by Gasteiger charge is 2.15. The van der Waals surface area contributed by atoms with E-state index in [9.17, 15) is 0 Å². The van der Waals surface area contributed by atoms with Crippen molar-refractivity contribution in [2.24, 2.45) is 5.73 Å². The molecule has 0 fully saturated rings. The highest BCUT2D eigenvalue weighted by molar-refractivity contribution is 5.73. The number of aromatic nitrogens is 3. The molecule has 0 amide bonds. The fourth-order valence-corrected chi connectivity index (χ4v) is 2.19. The molecule has 3 rings (SSSR count). The molecule has 0 aliphatic carbocycles. The minimum Gasteiger partial charge on any atom is -0.441 e. The third-order valence-electron chi connectivity index (χ3n) is 3.10. The summed E-state index contributed by atoms with van der Waals surface area (Å²) in [4.78, 5) is 12.8. The summed E-state index contributed by atoms with van der Waals surface area (Å²) in [5.74, 6) is 0.686. The van der Waals surface area contributed by atoms with E-state index in [0.29, 0.717) is 12.4 Å². The summed E-state index contributed by atoms with van der Waals surface area (Å²) < 4.78 is 5.47. The van der Waals surface area contributed by atoms with E-state index in [1.54, 1.807) is 18.6 Å². The summed E-state index contributed by atoms with van der Waals surface area (Å²) in [6, 6.07) is 5.92. The quantitative estimate of drug-likeness (QED) is 0.773. The Kier molecular flexibility index (Phi) is 2.97. The number of nitrogens with two attached hydrogens (primary N) is 1. The van der Waals surface area contributed by atoms with Crippen LogP contribution in [-0.4, -0.2) is 21.5 Å². The lowest BCUT2D eigenvalue weighted by atomic mass is 9.96. The lowest BCUT2D eigenvalue weighted by Crippen LogP contribution is -2.15. The lowest BCUT2D eigenvalue weighted by molar-refractivity contribution is 0.561. The van der Waals surface area contributed by atoms with Crippen LogP contribution in [0.2, 0.25) is 0 Å². The summed E-state index contributed by atoms with van der Waals surface area (Å²) in [6.45, 7) is 2.31. The Balaban J connectivity index is 2.06. The van der Waals surface area contributed by atoms with E-state index in [1.165, 1.54) is 0 Å². The predicted molar refractivity (Wildman–Crippen MR) is 71.7 cm³/mol. The number of fused-ring (bicyclic) bond motifs is 1. The molecule has 5 heteroatoms. The SMILES string of the molecule is Cc1nc2cc(C(CN)c3cnccn3)ccc2o1. The second-order valence-electron chi connectivity index (χ2n) is 4.38. The molecule has 2 heterocycles. The molecule has 1 unspecified atom stereocenters. The number of aryl methyl sites for hydroxylation is 1. The van der Waals surface area contributed by atoms with Crippen LogP contribution in [0.25, 0.3) is 11.1 Å². The van der Waals surface area contributed by atoms with Gasteiger partial charge in [-0.15, -0.1) is 0 Å². The average molecular weight is 254 g/mol. The number of benzene rings is 1. The van der Waals surface area contributed by atoms with Gasteiger partial charge >= 0.3 is 0 Å². The van der Waals surface area contributed by atoms with Crippen LogP contribution in [0.4, 0.5) is 0 Å². The van der Waals surface area contributed by atoms with Gasteiger partial charge < -0.3 is 10.2 Å². The molecule has 96 valence electrons. The second kappa shape index (κ2) is 4.78. The molecule has 0 radical (unpaired) electrons. The summed E-state index contributed by atoms with van der Waals surface area (Å²) >= 11 is 0. The first-order valence-electron chi connectivity index (χ1n) is 6.11. The van der Waals surface area contributed by atoms with Gasteiger partial charge in [-0.25, -0.2) is 4.98 Å². The zero-order valence-corrected chi connectivity index (χ0v) is 10.6. The molecule has 0 bridgehead atoms. The molecule has 19 heavy (non-hydrogen) atoms. The van der Waals surface area contributed by atoms with Crippen molar-refractivity contribution in [1.29, 1.82) is 0 Å². The van der Waals surface area contributed by atoms with Crippen LogP contribution in [-0.2, 0) is 0 Å². The van der Waals surface area contributed by atoms with Crippen molar-refractivity contribution in [1.82, 2.24) is 15.0 Å². The van der Waals surface area contributed by atoms with Crippen LogP contribution in [0.15, 0.2) is 41.2 Å². The molecule has 1 aromatic carbocycles. The maximum atomic E-state index is 5.87. The van der Waals surface area contributed by atoms with Gasteiger partial charge in [-0.1, -0.05) is 6.07 Å². The maximum Gasteiger partial charge on any atom is 0.192 e. The highest BCUT2D eigenvalue weighted by Crippen LogP contribution is 2.25. The zero-order valence-electron chi connectivity index (χ0n) is 10.6. The summed E-state index contributed by atoms with van der Waals surface area (Å²) in [5, 5.41) is 0. The number of nitrogens with zero attached hydrogens (tertiary/aromatic N) is 3. The summed E-state index contributed by atoms with van der Waals surface area (Å²) in [7, 11) is 0. The normalized spacial score (nSPS) is 12.7. The molecule has 5 nitrogen and oxygen atoms in total. The van der Waals surface area contributed by atoms with Crippen molar-refractivity contribution in [3.8, 4) is 0 Å². The minimum absolute atomic E-state index is 0.0232. The van der Waals surface area contributed by atoms with Gasteiger partial charge in [-0.3, -0.25) is 9.97 Å². The van der Waals surface area contributed by atoms with Crippen LogP contribution in [0.3, 0.4) is 0 Å². The smallest absolute Gasteiger partial charge is 0.192 e. The van der Waals surface area contributed by atoms with Gasteiger partial charge in [0, 0.05) is 38.0 Å². The maximum absolute atomic E-state index is 5.87. The van der Waals surface area contributed by atoms with Gasteiger partial charge in [0.2, 0.25) is 0 Å². The Labute approximate surface area is 110 Å². The molecule has 2 N–H and O–H groups in total. The van der Waals surface area contributed by atoms with Crippen molar-refractivity contribution < 1.29 is 4.42 Å². The Morgan fingerprint density at radius 2 is 2.21 bits per heavy atom. The standard InChI is InChI=1S/C14H14N4O/c1-9-18-12-6-10(2-3-14(12)19-9)11(7-15)13-8-16-4-5-17-13/h2-6,8,11H,7,15H2,1H3. The predicted octanol–water partition coefficient (Wildman–Crippen LogP) is 2.02. The number of oxazole rings is 1. The van der Waals surface area contributed by atoms with Crippen molar-refractivity contribution in [3.63, 3.8) is 0 Å². The van der Waals surface area contributed by atoms with Crippen molar-refractivity contribution >= 4 is 11.1 Å². The Bertz CT molecular complexity index is 693. The Morgan fingerprint density at radius 3 is 2.95 bits per heavy atom. The van der Waals surface area contributed by atoms with Crippen LogP contribution in [0.1, 0.15) is 23.1 Å². The summed E-state index contributed by atoms with van der Waals surface area (Å²) in [6.07, 6.45) is 5.08. The van der Waals surface area contributed by atoms with Gasteiger partial charge in [0.1, 0.15) is 5.52 Å². The van der Waals surface area contributed by atoms with E-state index in [2.05, 4.69) is 15.0 Å². The van der Waals surface area contributed by atoms with Gasteiger partial charge in [0.25, 0.3) is 0 Å². The molecular formula is C14H14N4O. The van der Waals surface area contributed by atoms with Crippen LogP contribution >= 0.6 is 0 Å². The molecule has 0 saturated carbocycles. The number of hydrogen-bond donors (Lipinski definition) is 1. The Morgan fingerprint density at radius 1 is 1.32 bits per heavy atom. The molecular weight excluding hydrogens is 240 g/mol. The first-order chi connectivity index (χ1) is 9.28. The monoisotopic (exact) mass is 254 g/mol. The van der Waals surface area contributed by atoms with Gasteiger partial charge in [0.15, 0.2) is 11.5 Å². The van der Waals surface area contributed by atoms with Gasteiger partial charge in [-0.2, -0.15) is 0 Å². The van der Waals surface area contributed by atoms with Crippen LogP contribution in [0, 0.1) is 6.92 Å². The van der Waals surface area contributed by atoms with E-state index in [1.807, 2.05) is 25.1 Å². The summed E-state index contributed by atoms with van der Waals surface area (Å²) in [5.41, 5.74) is 9.45. The van der Waals surface area contributed by atoms with E-state index in [0.717, 1.165) is 22.4 Å². The zero-order chi connectivity index (χ0) is 13.2. The van der Waals surface area contributed by atoms with E-state index < -0.39 is 0 Å². The highest BCUT2D eigenvalue weighted by atomic mass is 16.3. The van der Waals surface area contributed by atoms with Crippen molar-refractivity contribution in [3.05, 3.63) is 53.9 Å². The first-order valence-corrected chi connectivity index (χ1v) is 6.11. The molecule has 0 aliphatic heterocycles. The third kappa shape index (κ3) is 2.20. The van der Waals surface area contributed by atoms with Crippen LogP contribution in [0.5, 0.6) is 0 Å². The molecule has 0 saturated heterocycles. The van der Waals surface area contributed by atoms with E-state index in [4.69, 9.17) is 10.2 Å². The molecule has 1 atom stereocenters. The van der Waals surface area contributed by atoms with E-state index in [-0.39, 0.29) is 5.92 Å². The van der Waals surface area contributed by atoms with Crippen molar-refractivity contribution in [2.75, 3.05) is 6.54 Å². The van der Waals surface area contributed by atoms with Crippen LogP contribution < -0.4 is 5.73 Å². The van der Waals surface area contributed by atoms with Gasteiger partial charge in [-0.05, 0) is 17.7 Å². The van der Waals surface area contributed by atoms with Crippen molar-refractivity contribution in [2.45, 2.75) is 12.8 Å². The number of hydrogen-bond acceptors (Lipinski definition) is 5. The largest absolute Gasteiger partial charge is 0.441 e.